The predicted molar refractivity (Wildman–Crippen MR) is 155 cm³/mol. The highest BCUT2D eigenvalue weighted by atomic mass is 32.2. The summed E-state index contributed by atoms with van der Waals surface area (Å²) in [4.78, 5) is 34.6. The second kappa shape index (κ2) is 13.4. The van der Waals surface area contributed by atoms with Crippen molar-refractivity contribution in [3.05, 3.63) is 77.6 Å². The molecule has 0 atom stereocenters. The van der Waals surface area contributed by atoms with Crippen molar-refractivity contribution in [1.29, 1.82) is 0 Å². The van der Waals surface area contributed by atoms with Crippen LogP contribution in [0.25, 0.3) is 22.8 Å². The molecule has 3 aromatic carbocycles. The molecule has 47 heavy (non-hydrogen) atoms. The number of thioether (sulfide) groups is 1. The molecule has 0 bridgehead atoms. The highest BCUT2D eigenvalue weighted by Gasteiger charge is 2.33. The fraction of sp³-hybridized carbons (Fsp3) is 0.207. The third kappa shape index (κ3) is 8.64. The third-order valence-corrected chi connectivity index (χ3v) is 7.12. The van der Waals surface area contributed by atoms with Crippen LogP contribution in [0.5, 0.6) is 5.75 Å². The van der Waals surface area contributed by atoms with Crippen molar-refractivity contribution >= 4 is 40.2 Å². The van der Waals surface area contributed by atoms with Gasteiger partial charge in [-0.05, 0) is 61.0 Å². The van der Waals surface area contributed by atoms with E-state index in [9.17, 15) is 40.3 Å². The molecule has 2 heterocycles. The van der Waals surface area contributed by atoms with Crippen molar-refractivity contribution in [2.24, 2.45) is 4.99 Å². The van der Waals surface area contributed by atoms with Gasteiger partial charge < -0.3 is 19.3 Å². The van der Waals surface area contributed by atoms with E-state index in [0.29, 0.717) is 11.1 Å². The Hall–Kier alpha value is -4.97. The Balaban J connectivity index is 1.29. The van der Waals surface area contributed by atoms with Gasteiger partial charge in [-0.15, -0.1) is 13.2 Å². The quantitative estimate of drug-likeness (QED) is 0.190. The Bertz CT molecular complexity index is 1830. The lowest BCUT2D eigenvalue weighted by Gasteiger charge is -2.21. The Kier molecular flexibility index (Phi) is 9.53. The lowest BCUT2D eigenvalue weighted by molar-refractivity contribution is -0.274. The lowest BCUT2D eigenvalue weighted by Crippen LogP contribution is -2.31. The van der Waals surface area contributed by atoms with E-state index >= 15 is 0 Å². The SMILES string of the molecule is Cc1ccc(COCC(F)(F)F)c(N2C(=O)CSC2=NC(=O)Nc2ccc(-c3nc(-c4ccc(OC(F)(F)F)cc4)no3)cc2F)c1. The topological polar surface area (TPSA) is 119 Å². The number of urea groups is 1. The number of nitrogens with zero attached hydrogens (tertiary/aromatic N) is 4. The standard InChI is InChI=1S/C29H20F7N5O5S/c1-15-2-3-18(12-44-14-28(31,32)33)22(10-15)41-23(42)13-47-27(41)39-26(43)37-21-9-6-17(11-20(21)30)25-38-24(40-46-25)16-4-7-19(8-5-16)45-29(34,35)36/h2-11H,12-14H2,1H3,(H,37,43). The van der Waals surface area contributed by atoms with Gasteiger partial charge in [0.15, 0.2) is 5.17 Å². The van der Waals surface area contributed by atoms with Gasteiger partial charge in [-0.25, -0.2) is 9.18 Å². The first-order chi connectivity index (χ1) is 22.1. The molecule has 4 aromatic rings. The summed E-state index contributed by atoms with van der Waals surface area (Å²) in [5.41, 5.74) is 1.24. The van der Waals surface area contributed by atoms with Gasteiger partial charge in [-0.2, -0.15) is 23.1 Å². The van der Waals surface area contributed by atoms with Crippen molar-refractivity contribution in [3.8, 4) is 28.6 Å². The molecule has 1 saturated heterocycles. The van der Waals surface area contributed by atoms with Gasteiger partial charge >= 0.3 is 18.6 Å². The lowest BCUT2D eigenvalue weighted by atomic mass is 10.1. The molecular formula is C29H20F7N5O5S. The number of aryl methyl sites for hydroxylation is 1. The summed E-state index contributed by atoms with van der Waals surface area (Å²) in [6, 6.07) is 11.8. The van der Waals surface area contributed by atoms with Crippen LogP contribution in [0.2, 0.25) is 0 Å². The molecule has 3 amide bonds. The van der Waals surface area contributed by atoms with E-state index in [1.54, 1.807) is 19.1 Å². The highest BCUT2D eigenvalue weighted by Crippen LogP contribution is 2.32. The second-order valence-electron chi connectivity index (χ2n) is 9.77. The minimum Gasteiger partial charge on any atom is -0.406 e. The first-order valence-electron chi connectivity index (χ1n) is 13.2. The number of aromatic nitrogens is 2. The van der Waals surface area contributed by atoms with Gasteiger partial charge in [0.2, 0.25) is 11.7 Å². The largest absolute Gasteiger partial charge is 0.573 e. The van der Waals surface area contributed by atoms with Gasteiger partial charge in [0.05, 0.1) is 23.7 Å². The summed E-state index contributed by atoms with van der Waals surface area (Å²) >= 11 is 0.909. The average Bonchev–Trinajstić information content (AvgIpc) is 3.61. The van der Waals surface area contributed by atoms with Gasteiger partial charge in [0.1, 0.15) is 18.2 Å². The minimum atomic E-state index is -4.86. The summed E-state index contributed by atoms with van der Waals surface area (Å²) in [6.45, 7) is -0.259. The monoisotopic (exact) mass is 683 g/mol. The number of anilines is 2. The van der Waals surface area contributed by atoms with Crippen LogP contribution in [-0.2, 0) is 16.1 Å². The highest BCUT2D eigenvalue weighted by molar-refractivity contribution is 8.15. The summed E-state index contributed by atoms with van der Waals surface area (Å²) in [6.07, 6.45) is -9.41. The van der Waals surface area contributed by atoms with Crippen molar-refractivity contribution in [2.45, 2.75) is 26.1 Å². The van der Waals surface area contributed by atoms with E-state index < -0.39 is 49.3 Å². The van der Waals surface area contributed by atoms with Crippen LogP contribution in [0.15, 0.2) is 70.2 Å². The fourth-order valence-electron chi connectivity index (χ4n) is 4.21. The molecule has 1 aliphatic rings. The van der Waals surface area contributed by atoms with Crippen LogP contribution in [-0.4, -0.2) is 52.1 Å². The predicted octanol–water partition coefficient (Wildman–Crippen LogP) is 7.50. The van der Waals surface area contributed by atoms with Gasteiger partial charge in [-0.3, -0.25) is 9.69 Å². The molecule has 0 saturated carbocycles. The van der Waals surface area contributed by atoms with Gasteiger partial charge in [0.25, 0.3) is 5.89 Å². The number of benzene rings is 3. The Morgan fingerprint density at radius 1 is 1.04 bits per heavy atom. The van der Waals surface area contributed by atoms with Crippen molar-refractivity contribution in [1.82, 2.24) is 10.1 Å². The van der Waals surface area contributed by atoms with E-state index in [1.807, 2.05) is 0 Å². The first kappa shape index (κ1) is 33.4. The fourth-order valence-corrected chi connectivity index (χ4v) is 5.06. The smallest absolute Gasteiger partial charge is 0.406 e. The molecule has 246 valence electrons. The zero-order valence-corrected chi connectivity index (χ0v) is 24.6. The minimum absolute atomic E-state index is 0.00372. The first-order valence-corrected chi connectivity index (χ1v) is 14.2. The number of carbonyl (C=O) groups is 2. The maximum absolute atomic E-state index is 15.0. The van der Waals surface area contributed by atoms with E-state index in [-0.39, 0.29) is 45.1 Å². The molecule has 0 spiro atoms. The zero-order valence-electron chi connectivity index (χ0n) is 23.8. The molecule has 0 unspecified atom stereocenters. The number of alkyl halides is 6. The number of ether oxygens (including phenoxy) is 2. The van der Waals surface area contributed by atoms with Crippen LogP contribution >= 0.6 is 11.8 Å². The van der Waals surface area contributed by atoms with Crippen LogP contribution in [0.3, 0.4) is 0 Å². The van der Waals surface area contributed by atoms with Crippen LogP contribution in [0.1, 0.15) is 11.1 Å². The molecule has 10 nitrogen and oxygen atoms in total. The summed E-state index contributed by atoms with van der Waals surface area (Å²) in [5, 5.41) is 5.94. The van der Waals surface area contributed by atoms with E-state index in [4.69, 9.17) is 9.26 Å². The van der Waals surface area contributed by atoms with Gasteiger partial charge in [-0.1, -0.05) is 29.1 Å². The Morgan fingerprint density at radius 2 is 1.77 bits per heavy atom. The van der Waals surface area contributed by atoms with E-state index in [1.165, 1.54) is 30.3 Å². The number of aliphatic imine (C=N–C) groups is 1. The zero-order chi connectivity index (χ0) is 33.9. The van der Waals surface area contributed by atoms with Crippen LogP contribution in [0, 0.1) is 12.7 Å². The number of amides is 3. The van der Waals surface area contributed by atoms with Gasteiger partial charge in [0, 0.05) is 16.7 Å². The number of rotatable bonds is 8. The molecule has 0 radical (unpaired) electrons. The molecule has 1 aliphatic heterocycles. The number of nitrogens with one attached hydrogen (secondary N) is 1. The molecule has 1 N–H and O–H groups in total. The summed E-state index contributed by atoms with van der Waals surface area (Å²) in [5.74, 6) is -2.08. The molecule has 18 heteroatoms. The molecule has 0 aliphatic carbocycles. The molecule has 1 aromatic heterocycles. The number of hydrogen-bond acceptors (Lipinski definition) is 8. The number of carbonyl (C=O) groups excluding carboxylic acids is 2. The Labute approximate surface area is 264 Å². The normalized spacial score (nSPS) is 14.6. The van der Waals surface area contributed by atoms with E-state index in [2.05, 4.69) is 25.2 Å². The van der Waals surface area contributed by atoms with Crippen molar-refractivity contribution in [2.75, 3.05) is 22.6 Å². The summed E-state index contributed by atoms with van der Waals surface area (Å²) in [7, 11) is 0. The molecule has 1 fully saturated rings. The molecular weight excluding hydrogens is 663 g/mol. The maximum Gasteiger partial charge on any atom is 0.573 e. The van der Waals surface area contributed by atoms with E-state index in [0.717, 1.165) is 34.9 Å². The number of hydrogen-bond donors (Lipinski definition) is 1. The average molecular weight is 684 g/mol. The van der Waals surface area contributed by atoms with Crippen molar-refractivity contribution in [3.63, 3.8) is 0 Å². The summed E-state index contributed by atoms with van der Waals surface area (Å²) < 4.78 is 104. The maximum atomic E-state index is 15.0. The van der Waals surface area contributed by atoms with Crippen molar-refractivity contribution < 1.29 is 54.3 Å². The number of amidine groups is 1. The van der Waals surface area contributed by atoms with Crippen LogP contribution in [0.4, 0.5) is 46.9 Å². The molecule has 5 rings (SSSR count). The number of halogens is 7. The van der Waals surface area contributed by atoms with Crippen LogP contribution < -0.4 is 15.0 Å². The second-order valence-corrected chi connectivity index (χ2v) is 10.7. The Morgan fingerprint density at radius 3 is 2.45 bits per heavy atom. The third-order valence-electron chi connectivity index (χ3n) is 6.20.